The van der Waals surface area contributed by atoms with E-state index in [1.54, 1.807) is 6.21 Å². The van der Waals surface area contributed by atoms with Crippen LogP contribution in [0.25, 0.3) is 15.0 Å². The van der Waals surface area contributed by atoms with Gasteiger partial charge in [-0.25, -0.2) is 0 Å². The van der Waals surface area contributed by atoms with Crippen LogP contribution in [0.4, 0.5) is 5.82 Å². The Balaban J connectivity index is 0.00000158. The average Bonchev–Trinajstić information content (AvgIpc) is 3.68. The third-order valence-electron chi connectivity index (χ3n) is 8.29. The molecule has 3 aliphatic rings. The standard InChI is InChI=1S/C29H38N6O2S.C2H6/c1-4-12-33(13-7-8-18(2)3)29-31-16-20-25(36)24(27(37)34-14-11-19-15-30-17-22(19)34)28-35(26(20)32-29)21-9-5-6-10-23(21)38-28;1-2/h5-6,9-10,16,18-19,22,29-30,32H,4,7-8,11-15,17H2,1-3H3;1-2H3. The molecule has 0 radical (unpaired) electrons. The fraction of sp³-hybridized carbons (Fsp3) is 0.581. The van der Waals surface area contributed by atoms with Crippen LogP contribution in [0.5, 0.6) is 0 Å². The van der Waals surface area contributed by atoms with Crippen molar-refractivity contribution in [3.8, 4) is 0 Å². The molecule has 6 rings (SSSR count). The van der Waals surface area contributed by atoms with E-state index in [-0.39, 0.29) is 29.2 Å². The third kappa shape index (κ3) is 5.19. The molecule has 3 aliphatic heterocycles. The Hall–Kier alpha value is -2.75. The number of fused-ring (bicyclic) bond motifs is 6. The summed E-state index contributed by atoms with van der Waals surface area (Å²) in [5.41, 5.74) is 1.54. The molecule has 9 heteroatoms. The molecular weight excluding hydrogens is 520 g/mol. The van der Waals surface area contributed by atoms with Gasteiger partial charge in [0.25, 0.3) is 5.91 Å². The summed E-state index contributed by atoms with van der Waals surface area (Å²) < 4.78 is 3.15. The SMILES string of the molecule is CC.CCCN(CCCC(C)C)C1N=Cc2c(n3c(sc4ccccc43)c(C(=O)N3CCC4CNCC43)c2=O)N1. The maximum Gasteiger partial charge on any atom is 0.261 e. The minimum atomic E-state index is -0.242. The Morgan fingerprint density at radius 3 is 2.77 bits per heavy atom. The van der Waals surface area contributed by atoms with Gasteiger partial charge in [-0.3, -0.25) is 23.9 Å². The Bertz CT molecular complexity index is 1440. The van der Waals surface area contributed by atoms with Crippen LogP contribution in [0.3, 0.4) is 0 Å². The number of thiazole rings is 1. The fourth-order valence-electron chi connectivity index (χ4n) is 6.36. The van der Waals surface area contributed by atoms with Crippen molar-refractivity contribution < 1.29 is 4.79 Å². The molecule has 8 nitrogen and oxygen atoms in total. The highest BCUT2D eigenvalue weighted by atomic mass is 32.1. The number of aromatic nitrogens is 1. The number of nitrogens with one attached hydrogen (secondary N) is 2. The van der Waals surface area contributed by atoms with Crippen LogP contribution in [0.1, 0.15) is 76.2 Å². The minimum Gasteiger partial charge on any atom is -0.336 e. The molecule has 3 aromatic rings. The molecule has 2 saturated heterocycles. The number of anilines is 1. The molecule has 2 N–H and O–H groups in total. The maximum absolute atomic E-state index is 14.0. The summed E-state index contributed by atoms with van der Waals surface area (Å²) in [6.07, 6.45) is 5.76. The van der Waals surface area contributed by atoms with E-state index in [0.717, 1.165) is 66.3 Å². The van der Waals surface area contributed by atoms with Crippen LogP contribution < -0.4 is 16.1 Å². The predicted molar refractivity (Wildman–Crippen MR) is 167 cm³/mol. The number of rotatable bonds is 8. The minimum absolute atomic E-state index is 0.144. The van der Waals surface area contributed by atoms with E-state index in [1.165, 1.54) is 17.8 Å². The van der Waals surface area contributed by atoms with Crippen molar-refractivity contribution in [2.75, 3.05) is 38.0 Å². The zero-order valence-corrected chi connectivity index (χ0v) is 25.4. The van der Waals surface area contributed by atoms with E-state index in [2.05, 4.69) is 52.8 Å². The monoisotopic (exact) mass is 564 g/mol. The second kappa shape index (κ2) is 12.4. The average molecular weight is 565 g/mol. The summed E-state index contributed by atoms with van der Waals surface area (Å²) in [7, 11) is 0. The quantitative estimate of drug-likeness (QED) is 0.391. The molecule has 40 heavy (non-hydrogen) atoms. The van der Waals surface area contributed by atoms with Crippen molar-refractivity contribution in [1.82, 2.24) is 19.5 Å². The first-order valence-corrected chi connectivity index (χ1v) is 15.9. The van der Waals surface area contributed by atoms with Crippen LogP contribution in [0.2, 0.25) is 0 Å². The van der Waals surface area contributed by atoms with Crippen LogP contribution in [0.15, 0.2) is 34.1 Å². The lowest BCUT2D eigenvalue weighted by molar-refractivity contribution is 0.0737. The Kier molecular flexibility index (Phi) is 8.92. The molecule has 1 aromatic carbocycles. The first kappa shape index (κ1) is 28.8. The lowest BCUT2D eigenvalue weighted by Crippen LogP contribution is -2.45. The molecule has 216 valence electrons. The largest absolute Gasteiger partial charge is 0.336 e. The topological polar surface area (TPSA) is 81.5 Å². The number of benzene rings is 1. The van der Waals surface area contributed by atoms with Crippen molar-refractivity contribution in [2.45, 2.75) is 72.6 Å². The number of likely N-dealkylation sites (tertiary alicyclic amines) is 1. The van der Waals surface area contributed by atoms with Crippen molar-refractivity contribution in [3.05, 3.63) is 45.6 Å². The van der Waals surface area contributed by atoms with Gasteiger partial charge in [0.05, 0.1) is 15.8 Å². The van der Waals surface area contributed by atoms with Crippen LogP contribution in [-0.2, 0) is 0 Å². The molecule has 0 bridgehead atoms. The first-order chi connectivity index (χ1) is 19.5. The number of nitrogens with zero attached hydrogens (tertiary/aromatic N) is 4. The Labute approximate surface area is 241 Å². The van der Waals surface area contributed by atoms with Crippen LogP contribution in [-0.4, -0.2) is 71.4 Å². The summed E-state index contributed by atoms with van der Waals surface area (Å²) in [6.45, 7) is 15.0. The number of hydrogen-bond acceptors (Lipinski definition) is 7. The number of amides is 1. The molecule has 2 fully saturated rings. The van der Waals surface area contributed by atoms with Crippen molar-refractivity contribution in [1.29, 1.82) is 0 Å². The van der Waals surface area contributed by atoms with Gasteiger partial charge < -0.3 is 15.5 Å². The molecule has 2 aromatic heterocycles. The van der Waals surface area contributed by atoms with Crippen LogP contribution >= 0.6 is 11.3 Å². The van der Waals surface area contributed by atoms with Crippen LogP contribution in [0, 0.1) is 11.8 Å². The first-order valence-electron chi connectivity index (χ1n) is 15.1. The molecule has 3 atom stereocenters. The van der Waals surface area contributed by atoms with Gasteiger partial charge in [0, 0.05) is 45.0 Å². The highest BCUT2D eigenvalue weighted by Gasteiger charge is 2.42. The molecule has 0 aliphatic carbocycles. The third-order valence-corrected chi connectivity index (χ3v) is 9.44. The second-order valence-electron chi connectivity index (χ2n) is 11.3. The van der Waals surface area contributed by atoms with Crippen molar-refractivity contribution >= 4 is 44.3 Å². The van der Waals surface area contributed by atoms with Gasteiger partial charge in [0.2, 0.25) is 5.43 Å². The van der Waals surface area contributed by atoms with Gasteiger partial charge in [-0.1, -0.05) is 46.8 Å². The summed E-state index contributed by atoms with van der Waals surface area (Å²) in [6, 6.07) is 8.32. The number of aliphatic imine (C=N–C) groups is 1. The van der Waals surface area contributed by atoms with Gasteiger partial charge in [-0.2, -0.15) is 0 Å². The molecule has 5 heterocycles. The number of hydrogen-bond donors (Lipinski definition) is 2. The summed E-state index contributed by atoms with van der Waals surface area (Å²) in [4.78, 5) is 37.9. The second-order valence-corrected chi connectivity index (χ2v) is 12.3. The maximum atomic E-state index is 14.0. The number of pyridine rings is 1. The number of carbonyl (C=O) groups excluding carboxylic acids is 1. The number of para-hydroxylation sites is 1. The van der Waals surface area contributed by atoms with E-state index in [1.807, 2.05) is 30.9 Å². The highest BCUT2D eigenvalue weighted by molar-refractivity contribution is 7.24. The van der Waals surface area contributed by atoms with Crippen molar-refractivity contribution in [2.24, 2.45) is 16.8 Å². The normalized spacial score (nSPS) is 21.6. The van der Waals surface area contributed by atoms with Crippen molar-refractivity contribution in [3.63, 3.8) is 0 Å². The molecular formula is C31H44N6O2S. The number of carbonyl (C=O) groups is 1. The molecule has 1 amide bonds. The van der Waals surface area contributed by atoms with E-state index in [4.69, 9.17) is 4.99 Å². The fourth-order valence-corrected chi connectivity index (χ4v) is 7.55. The summed E-state index contributed by atoms with van der Waals surface area (Å²) in [5, 5.41) is 7.04. The van der Waals surface area contributed by atoms with Gasteiger partial charge in [0.15, 0.2) is 6.29 Å². The lowest BCUT2D eigenvalue weighted by Gasteiger charge is -2.33. The Morgan fingerprint density at radius 1 is 1.20 bits per heavy atom. The van der Waals surface area contributed by atoms with Gasteiger partial charge in [-0.15, -0.1) is 11.3 Å². The highest BCUT2D eigenvalue weighted by Crippen LogP contribution is 2.35. The molecule has 3 unspecified atom stereocenters. The van der Waals surface area contributed by atoms with Gasteiger partial charge in [-0.05, 0) is 49.7 Å². The molecule has 0 saturated carbocycles. The van der Waals surface area contributed by atoms with E-state index in [9.17, 15) is 9.59 Å². The van der Waals surface area contributed by atoms with Gasteiger partial charge in [0.1, 0.15) is 16.2 Å². The smallest absolute Gasteiger partial charge is 0.261 e. The van der Waals surface area contributed by atoms with Gasteiger partial charge >= 0.3 is 0 Å². The predicted octanol–water partition coefficient (Wildman–Crippen LogP) is 5.25. The lowest BCUT2D eigenvalue weighted by atomic mass is 10.0. The summed E-state index contributed by atoms with van der Waals surface area (Å²) in [5.74, 6) is 1.74. The van der Waals surface area contributed by atoms with E-state index in [0.29, 0.717) is 23.9 Å². The van der Waals surface area contributed by atoms with E-state index >= 15 is 0 Å². The zero-order chi connectivity index (χ0) is 28.4. The Morgan fingerprint density at radius 2 is 2.00 bits per heavy atom. The summed E-state index contributed by atoms with van der Waals surface area (Å²) >= 11 is 1.53. The van der Waals surface area contributed by atoms with E-state index < -0.39 is 0 Å². The zero-order valence-electron chi connectivity index (χ0n) is 24.6. The molecule has 0 spiro atoms.